The van der Waals surface area contributed by atoms with Crippen LogP contribution in [0.4, 0.5) is 5.69 Å². The Morgan fingerprint density at radius 3 is 2.94 bits per heavy atom. The highest BCUT2D eigenvalue weighted by Crippen LogP contribution is 2.23. The molecule has 0 atom stereocenters. The molecule has 1 aromatic heterocycles. The normalized spacial score (nSPS) is 10.3. The minimum Gasteiger partial charge on any atom is -0.462 e. The van der Waals surface area contributed by atoms with E-state index in [-0.39, 0.29) is 5.69 Å². The number of halogens is 1. The summed E-state index contributed by atoms with van der Waals surface area (Å²) in [6.45, 7) is 0.335. The molecular formula is C13H12ClNO2S. The van der Waals surface area contributed by atoms with Crippen LogP contribution in [-0.4, -0.2) is 12.6 Å². The van der Waals surface area contributed by atoms with Crippen molar-refractivity contribution in [3.63, 3.8) is 0 Å². The summed E-state index contributed by atoms with van der Waals surface area (Å²) in [7, 11) is 0. The van der Waals surface area contributed by atoms with Crippen molar-refractivity contribution < 1.29 is 9.53 Å². The van der Waals surface area contributed by atoms with Crippen LogP contribution < -0.4 is 5.73 Å². The Labute approximate surface area is 114 Å². The van der Waals surface area contributed by atoms with Crippen molar-refractivity contribution in [2.75, 3.05) is 12.3 Å². The number of para-hydroxylation sites is 1. The summed E-state index contributed by atoms with van der Waals surface area (Å²) in [6.07, 6.45) is 0.704. The SMILES string of the molecule is Nc1c(Cl)cccc1C(=O)OCCc1ccsc1. The van der Waals surface area contributed by atoms with Crippen molar-refractivity contribution in [2.24, 2.45) is 0 Å². The van der Waals surface area contributed by atoms with Gasteiger partial charge in [-0.3, -0.25) is 0 Å². The van der Waals surface area contributed by atoms with Crippen LogP contribution in [0.1, 0.15) is 15.9 Å². The third-order valence-electron chi connectivity index (χ3n) is 2.48. The molecule has 0 saturated carbocycles. The zero-order valence-electron chi connectivity index (χ0n) is 9.56. The number of ether oxygens (including phenoxy) is 1. The van der Waals surface area contributed by atoms with Crippen LogP contribution in [-0.2, 0) is 11.2 Å². The Kier molecular flexibility index (Phi) is 4.23. The van der Waals surface area contributed by atoms with E-state index in [9.17, 15) is 4.79 Å². The van der Waals surface area contributed by atoms with E-state index >= 15 is 0 Å². The molecule has 0 aliphatic heterocycles. The lowest BCUT2D eigenvalue weighted by molar-refractivity contribution is 0.0510. The van der Waals surface area contributed by atoms with E-state index in [1.165, 1.54) is 0 Å². The van der Waals surface area contributed by atoms with Crippen LogP contribution in [0.15, 0.2) is 35.0 Å². The van der Waals surface area contributed by atoms with E-state index in [0.29, 0.717) is 23.6 Å². The van der Waals surface area contributed by atoms with Gasteiger partial charge in [-0.25, -0.2) is 4.79 Å². The Morgan fingerprint density at radius 1 is 1.39 bits per heavy atom. The highest BCUT2D eigenvalue weighted by Gasteiger charge is 2.12. The molecule has 2 N–H and O–H groups in total. The second-order valence-corrected chi connectivity index (χ2v) is 4.91. The fraction of sp³-hybridized carbons (Fsp3) is 0.154. The predicted molar refractivity (Wildman–Crippen MR) is 74.2 cm³/mol. The molecule has 94 valence electrons. The molecule has 0 radical (unpaired) electrons. The zero-order valence-corrected chi connectivity index (χ0v) is 11.1. The van der Waals surface area contributed by atoms with Gasteiger partial charge in [0.05, 0.1) is 22.9 Å². The molecule has 2 rings (SSSR count). The van der Waals surface area contributed by atoms with Gasteiger partial charge in [0.2, 0.25) is 0 Å². The number of nitrogen functional groups attached to an aromatic ring is 1. The quantitative estimate of drug-likeness (QED) is 0.690. The van der Waals surface area contributed by atoms with Crippen LogP contribution in [0.25, 0.3) is 0 Å². The summed E-state index contributed by atoms with van der Waals surface area (Å²) in [5.41, 5.74) is 7.45. The summed E-state index contributed by atoms with van der Waals surface area (Å²) < 4.78 is 5.16. The van der Waals surface area contributed by atoms with Gasteiger partial charge >= 0.3 is 5.97 Å². The number of hydrogen-bond donors (Lipinski definition) is 1. The number of esters is 1. The number of thiophene rings is 1. The third kappa shape index (κ3) is 3.03. The second-order valence-electron chi connectivity index (χ2n) is 3.72. The molecule has 0 saturated heterocycles. The largest absolute Gasteiger partial charge is 0.462 e. The highest BCUT2D eigenvalue weighted by molar-refractivity contribution is 7.07. The molecular weight excluding hydrogens is 270 g/mol. The standard InChI is InChI=1S/C13H12ClNO2S/c14-11-3-1-2-10(12(11)15)13(16)17-6-4-9-5-7-18-8-9/h1-3,5,7-8H,4,6,15H2. The molecule has 0 aliphatic rings. The van der Waals surface area contributed by atoms with Crippen molar-refractivity contribution in [2.45, 2.75) is 6.42 Å². The average Bonchev–Trinajstić information content (AvgIpc) is 2.85. The molecule has 0 bridgehead atoms. The summed E-state index contributed by atoms with van der Waals surface area (Å²) in [6, 6.07) is 6.92. The van der Waals surface area contributed by atoms with E-state index in [4.69, 9.17) is 22.1 Å². The molecule has 0 fully saturated rings. The van der Waals surface area contributed by atoms with Crippen LogP contribution in [0, 0.1) is 0 Å². The summed E-state index contributed by atoms with van der Waals surface area (Å²) >= 11 is 7.46. The van der Waals surface area contributed by atoms with Crippen LogP contribution in [0.5, 0.6) is 0 Å². The van der Waals surface area contributed by atoms with Crippen molar-refractivity contribution in [1.29, 1.82) is 0 Å². The minimum absolute atomic E-state index is 0.264. The van der Waals surface area contributed by atoms with E-state index in [0.717, 1.165) is 5.56 Å². The Hall–Kier alpha value is -1.52. The first kappa shape index (κ1) is 12.9. The van der Waals surface area contributed by atoms with Gasteiger partial charge in [-0.1, -0.05) is 17.7 Å². The molecule has 18 heavy (non-hydrogen) atoms. The monoisotopic (exact) mass is 281 g/mol. The van der Waals surface area contributed by atoms with Gasteiger partial charge in [-0.2, -0.15) is 11.3 Å². The first-order chi connectivity index (χ1) is 8.68. The molecule has 5 heteroatoms. The lowest BCUT2D eigenvalue weighted by Gasteiger charge is -2.07. The summed E-state index contributed by atoms with van der Waals surface area (Å²) in [5.74, 6) is -0.440. The number of hydrogen-bond acceptors (Lipinski definition) is 4. The van der Waals surface area contributed by atoms with E-state index in [1.54, 1.807) is 29.5 Å². The van der Waals surface area contributed by atoms with Crippen molar-refractivity contribution >= 4 is 34.6 Å². The lowest BCUT2D eigenvalue weighted by atomic mass is 10.2. The molecule has 0 aliphatic carbocycles. The summed E-state index contributed by atoms with van der Waals surface area (Å²) in [5, 5.41) is 4.38. The molecule has 0 amide bonds. The van der Waals surface area contributed by atoms with E-state index < -0.39 is 5.97 Å². The van der Waals surface area contributed by atoms with E-state index in [1.807, 2.05) is 16.8 Å². The van der Waals surface area contributed by atoms with Crippen LogP contribution in [0.2, 0.25) is 5.02 Å². The maximum atomic E-state index is 11.8. The molecule has 0 spiro atoms. The number of carbonyl (C=O) groups is 1. The van der Waals surface area contributed by atoms with Crippen molar-refractivity contribution in [3.8, 4) is 0 Å². The highest BCUT2D eigenvalue weighted by atomic mass is 35.5. The smallest absolute Gasteiger partial charge is 0.340 e. The lowest BCUT2D eigenvalue weighted by Crippen LogP contribution is -2.10. The van der Waals surface area contributed by atoms with Gasteiger partial charge in [-0.05, 0) is 34.5 Å². The average molecular weight is 282 g/mol. The maximum Gasteiger partial charge on any atom is 0.340 e. The second kappa shape index (κ2) is 5.89. The minimum atomic E-state index is -0.440. The molecule has 1 aromatic carbocycles. The molecule has 3 nitrogen and oxygen atoms in total. The zero-order chi connectivity index (χ0) is 13.0. The van der Waals surface area contributed by atoms with E-state index in [2.05, 4.69) is 0 Å². The Morgan fingerprint density at radius 2 is 2.22 bits per heavy atom. The van der Waals surface area contributed by atoms with Gasteiger partial charge in [0.15, 0.2) is 0 Å². The fourth-order valence-corrected chi connectivity index (χ4v) is 2.37. The molecule has 0 unspecified atom stereocenters. The first-order valence-corrected chi connectivity index (χ1v) is 6.73. The van der Waals surface area contributed by atoms with Gasteiger partial charge in [0.1, 0.15) is 0 Å². The topological polar surface area (TPSA) is 52.3 Å². The Balaban J connectivity index is 1.93. The number of anilines is 1. The van der Waals surface area contributed by atoms with Gasteiger partial charge in [0, 0.05) is 6.42 Å². The Bertz CT molecular complexity index is 540. The van der Waals surface area contributed by atoms with Gasteiger partial charge < -0.3 is 10.5 Å². The van der Waals surface area contributed by atoms with Gasteiger partial charge in [0.25, 0.3) is 0 Å². The number of carbonyl (C=O) groups excluding carboxylic acids is 1. The number of nitrogens with two attached hydrogens (primary N) is 1. The fourth-order valence-electron chi connectivity index (χ4n) is 1.49. The van der Waals surface area contributed by atoms with Crippen molar-refractivity contribution in [3.05, 3.63) is 51.2 Å². The maximum absolute atomic E-state index is 11.8. The molecule has 1 heterocycles. The third-order valence-corrected chi connectivity index (χ3v) is 3.54. The molecule has 2 aromatic rings. The first-order valence-electron chi connectivity index (χ1n) is 5.40. The predicted octanol–water partition coefficient (Wildman–Crippen LogP) is 3.38. The van der Waals surface area contributed by atoms with Crippen molar-refractivity contribution in [1.82, 2.24) is 0 Å². The van der Waals surface area contributed by atoms with Gasteiger partial charge in [-0.15, -0.1) is 0 Å². The van der Waals surface area contributed by atoms with Crippen LogP contribution >= 0.6 is 22.9 Å². The number of rotatable bonds is 4. The summed E-state index contributed by atoms with van der Waals surface area (Å²) in [4.78, 5) is 11.8. The van der Waals surface area contributed by atoms with Crippen LogP contribution in [0.3, 0.4) is 0 Å². The number of benzene rings is 1.